The van der Waals surface area contributed by atoms with E-state index in [1.807, 2.05) is 62.3 Å². The molecule has 3 nitrogen and oxygen atoms in total. The Bertz CT molecular complexity index is 981. The molecule has 0 aromatic heterocycles. The van der Waals surface area contributed by atoms with Crippen LogP contribution in [-0.4, -0.2) is 50.8 Å². The molecule has 0 heterocycles. The normalized spacial score (nSPS) is 30.0. The summed E-state index contributed by atoms with van der Waals surface area (Å²) >= 11 is 6.00. The molecular weight excluding hydrogens is 825 g/mol. The van der Waals surface area contributed by atoms with Crippen LogP contribution < -0.4 is 0 Å². The maximum absolute atomic E-state index is 14.1. The zero-order chi connectivity index (χ0) is 37.4. The molecule has 2 rings (SSSR count). The molecule has 2 aliphatic rings. The van der Waals surface area contributed by atoms with Crippen LogP contribution in [0.15, 0.2) is 9.98 Å². The molecule has 2 aliphatic carbocycles. The van der Waals surface area contributed by atoms with Crippen LogP contribution in [0.5, 0.6) is 0 Å². The van der Waals surface area contributed by atoms with Crippen LogP contribution in [0.1, 0.15) is 101 Å². The standard InChI is InChI=1S/C35H62F6N2OSi.2BrH.Ni/c1-20(2)27-16-25(34(36,37)38)17-28(21(3)4)32(27)42-24(9)31(14-13-15-44-45(10,11)12)43-33-29(22(5)6)18-26(35(39,40)41)19-30(33)23(7)8;;;/h20-23,25-30,32-33H,13-19H2,1-12H3;2*1H;/q;;;+2/p-2. The molecule has 2 fully saturated rings. The van der Waals surface area contributed by atoms with Crippen molar-refractivity contribution in [3.63, 3.8) is 0 Å². The molecule has 4 atom stereocenters. The van der Waals surface area contributed by atoms with Crippen molar-refractivity contribution in [2.45, 2.75) is 145 Å². The summed E-state index contributed by atoms with van der Waals surface area (Å²) in [6.07, 6.45) is -6.94. The van der Waals surface area contributed by atoms with Crippen molar-refractivity contribution in [2.75, 3.05) is 6.61 Å². The van der Waals surface area contributed by atoms with Crippen molar-refractivity contribution < 1.29 is 41.7 Å². The third-order valence-corrected chi connectivity index (χ3v) is 11.6. The Kier molecular flexibility index (Phi) is 19.5. The number of rotatable bonds is 12. The Morgan fingerprint density at radius 2 is 1.00 bits per heavy atom. The van der Waals surface area contributed by atoms with Gasteiger partial charge >= 0.3 is 51.7 Å². The first-order chi connectivity index (χ1) is 21.8. The third kappa shape index (κ3) is 14.9. The second-order valence-corrected chi connectivity index (χ2v) is 25.9. The predicted molar refractivity (Wildman–Crippen MR) is 195 cm³/mol. The van der Waals surface area contributed by atoms with Crippen molar-refractivity contribution in [1.29, 1.82) is 0 Å². The van der Waals surface area contributed by atoms with Gasteiger partial charge in [-0.1, -0.05) is 55.4 Å². The summed E-state index contributed by atoms with van der Waals surface area (Å²) in [6.45, 7) is 24.8. The Morgan fingerprint density at radius 1 is 0.688 bits per heavy atom. The van der Waals surface area contributed by atoms with Crippen molar-refractivity contribution in [3.8, 4) is 0 Å². The summed E-state index contributed by atoms with van der Waals surface area (Å²) in [5, 5.41) is 0. The first-order valence-corrected chi connectivity index (χ1v) is 25.9. The molecule has 0 N–H and O–H groups in total. The van der Waals surface area contributed by atoms with E-state index in [1.54, 1.807) is 0 Å². The Labute approximate surface area is 309 Å². The van der Waals surface area contributed by atoms with Crippen LogP contribution in [-0.2, 0) is 15.3 Å². The van der Waals surface area contributed by atoms with Crippen LogP contribution in [0.2, 0.25) is 19.6 Å². The molecule has 4 unspecified atom stereocenters. The summed E-state index contributed by atoms with van der Waals surface area (Å²) < 4.78 is 90.4. The van der Waals surface area contributed by atoms with Gasteiger partial charge in [-0.15, -0.1) is 0 Å². The van der Waals surface area contributed by atoms with E-state index in [2.05, 4.69) is 48.1 Å². The van der Waals surface area contributed by atoms with Crippen LogP contribution in [0.25, 0.3) is 0 Å². The molecule has 0 radical (unpaired) electrons. The molecule has 2 saturated carbocycles. The van der Waals surface area contributed by atoms with Crippen molar-refractivity contribution in [1.82, 2.24) is 0 Å². The second kappa shape index (κ2) is 20.1. The van der Waals surface area contributed by atoms with Crippen LogP contribution in [0, 0.1) is 59.2 Å². The van der Waals surface area contributed by atoms with Crippen molar-refractivity contribution >= 4 is 48.2 Å². The van der Waals surface area contributed by atoms with Gasteiger partial charge in [0.2, 0.25) is 0 Å². The molecule has 0 aliphatic heterocycles. The monoisotopic (exact) mass is 884 g/mol. The van der Waals surface area contributed by atoms with E-state index < -0.39 is 32.5 Å². The SMILES string of the molecule is CC(=NC1C(C(C)C)CC(C(F)(F)F)CC1C(C)C)C(CCCO[Si](C)(C)C)=NC1C(C(C)C)CC(C(F)(F)F)CC1C(C)C.[Br][Ni][Br]. The number of aliphatic imine (C=N–C) groups is 2. The van der Waals surface area contributed by atoms with E-state index in [-0.39, 0.29) is 85.1 Å². The molecule has 0 saturated heterocycles. The van der Waals surface area contributed by atoms with Gasteiger partial charge in [-0.3, -0.25) is 9.98 Å². The van der Waals surface area contributed by atoms with E-state index in [9.17, 15) is 26.3 Å². The van der Waals surface area contributed by atoms with Gasteiger partial charge in [0, 0.05) is 6.61 Å². The average molecular weight is 887 g/mol. The van der Waals surface area contributed by atoms with E-state index in [0.717, 1.165) is 11.4 Å². The van der Waals surface area contributed by atoms with Gasteiger partial charge in [0.05, 0.1) is 35.3 Å². The maximum atomic E-state index is 14.1. The van der Waals surface area contributed by atoms with Crippen molar-refractivity contribution in [3.05, 3.63) is 0 Å². The molecule has 0 bridgehead atoms. The van der Waals surface area contributed by atoms with Gasteiger partial charge in [0.15, 0.2) is 8.32 Å². The van der Waals surface area contributed by atoms with Crippen molar-refractivity contribution in [2.24, 2.45) is 69.2 Å². The molecule has 0 spiro atoms. The summed E-state index contributed by atoms with van der Waals surface area (Å²) in [5.74, 6) is -3.49. The van der Waals surface area contributed by atoms with Gasteiger partial charge in [0.1, 0.15) is 0 Å². The van der Waals surface area contributed by atoms with Crippen LogP contribution in [0.4, 0.5) is 26.3 Å². The Balaban J connectivity index is 0.00000369. The average Bonchev–Trinajstić information content (AvgIpc) is 2.92. The van der Waals surface area contributed by atoms with E-state index in [4.69, 9.17) is 14.4 Å². The van der Waals surface area contributed by atoms with Crippen LogP contribution >= 0.6 is 28.5 Å². The van der Waals surface area contributed by atoms with Gasteiger partial charge in [-0.05, 0) is 112 Å². The fourth-order valence-corrected chi connectivity index (χ4v) is 8.47. The minimum absolute atomic E-state index is 0.0205. The topological polar surface area (TPSA) is 34.0 Å². The van der Waals surface area contributed by atoms with Crippen LogP contribution in [0.3, 0.4) is 0 Å². The number of hydrogen-bond donors (Lipinski definition) is 0. The number of alkyl halides is 6. The van der Waals surface area contributed by atoms with E-state index in [0.29, 0.717) is 19.4 Å². The zero-order valence-corrected chi connectivity index (χ0v) is 36.2. The predicted octanol–water partition coefficient (Wildman–Crippen LogP) is 13.0. The summed E-state index contributed by atoms with van der Waals surface area (Å²) in [5.41, 5.74) is 1.50. The van der Waals surface area contributed by atoms with Gasteiger partial charge in [-0.2, -0.15) is 26.3 Å². The molecule has 0 amide bonds. The summed E-state index contributed by atoms with van der Waals surface area (Å²) in [6, 6.07) is -0.542. The Morgan fingerprint density at radius 3 is 1.27 bits per heavy atom. The molecule has 0 aromatic carbocycles. The number of halogens is 8. The quantitative estimate of drug-likeness (QED) is 0.0832. The minimum atomic E-state index is -4.24. The summed E-state index contributed by atoms with van der Waals surface area (Å²) in [7, 11) is -0.495. The van der Waals surface area contributed by atoms with E-state index in [1.165, 1.54) is 10.9 Å². The first-order valence-electron chi connectivity index (χ1n) is 17.6. The fraction of sp³-hybridized carbons (Fsp3) is 0.943. The third-order valence-electron chi connectivity index (χ3n) is 10.5. The first kappa shape index (κ1) is 46.6. The molecular formula is C35H62Br2F6N2NiOSi. The molecule has 288 valence electrons. The fourth-order valence-electron chi connectivity index (χ4n) is 7.72. The van der Waals surface area contributed by atoms with Gasteiger partial charge in [-0.25, -0.2) is 0 Å². The molecule has 13 heteroatoms. The Hall–Kier alpha value is 0.550. The zero-order valence-electron chi connectivity index (χ0n) is 31.0. The molecule has 0 aromatic rings. The number of hydrogen-bond acceptors (Lipinski definition) is 3. The van der Waals surface area contributed by atoms with E-state index >= 15 is 0 Å². The second-order valence-electron chi connectivity index (χ2n) is 16.4. The molecule has 48 heavy (non-hydrogen) atoms. The summed E-state index contributed by atoms with van der Waals surface area (Å²) in [4.78, 5) is 10.6. The number of nitrogens with zero attached hydrogens (tertiary/aromatic N) is 2. The van der Waals surface area contributed by atoms with Gasteiger partial charge < -0.3 is 4.43 Å². The van der Waals surface area contributed by atoms with Gasteiger partial charge in [0.25, 0.3) is 0 Å².